The van der Waals surface area contributed by atoms with Crippen LogP contribution in [0, 0.1) is 29.9 Å². The van der Waals surface area contributed by atoms with Gasteiger partial charge in [0.25, 0.3) is 0 Å². The summed E-state index contributed by atoms with van der Waals surface area (Å²) < 4.78 is 28.0. The molecule has 1 fully saturated rings. The SMILES string of the molecule is Fc1cc(N=C=S)cc(F)c1C#Cc1ccc(C2CC[CH-]CC2)cc1.[Ru+]. The van der Waals surface area contributed by atoms with E-state index in [0.717, 1.165) is 30.5 Å². The van der Waals surface area contributed by atoms with Gasteiger partial charge in [0.15, 0.2) is 0 Å². The minimum atomic E-state index is -0.758. The summed E-state index contributed by atoms with van der Waals surface area (Å²) in [6.07, 6.45) is 7.01. The molecule has 0 spiro atoms. The van der Waals surface area contributed by atoms with Crippen LogP contribution in [-0.2, 0) is 19.5 Å². The third-order valence-corrected chi connectivity index (χ3v) is 4.45. The predicted molar refractivity (Wildman–Crippen MR) is 99.0 cm³/mol. The van der Waals surface area contributed by atoms with E-state index in [4.69, 9.17) is 0 Å². The van der Waals surface area contributed by atoms with Crippen LogP contribution in [0.1, 0.15) is 48.3 Å². The van der Waals surface area contributed by atoms with Crippen LogP contribution in [0.25, 0.3) is 0 Å². The molecule has 0 N–H and O–H groups in total. The first-order valence-electron chi connectivity index (χ1n) is 8.18. The van der Waals surface area contributed by atoms with Crippen LogP contribution in [-0.4, -0.2) is 5.16 Å². The summed E-state index contributed by atoms with van der Waals surface area (Å²) in [6, 6.07) is 10.1. The Morgan fingerprint density at radius 3 is 2.19 bits per heavy atom. The second-order valence-electron chi connectivity index (χ2n) is 6.00. The molecule has 0 atom stereocenters. The molecular weight excluding hydrogens is 437 g/mol. The summed E-state index contributed by atoms with van der Waals surface area (Å²) in [6.45, 7) is 0. The summed E-state index contributed by atoms with van der Waals surface area (Å²) >= 11 is 4.43. The van der Waals surface area contributed by atoms with Crippen molar-refractivity contribution < 1.29 is 28.3 Å². The molecule has 3 rings (SSSR count). The van der Waals surface area contributed by atoms with Gasteiger partial charge in [0.2, 0.25) is 0 Å². The maximum absolute atomic E-state index is 14.0. The van der Waals surface area contributed by atoms with Gasteiger partial charge in [-0.15, -0.1) is 0 Å². The first-order valence-corrected chi connectivity index (χ1v) is 8.59. The number of benzene rings is 2. The molecule has 0 heterocycles. The maximum atomic E-state index is 14.0. The Hall–Kier alpha value is -1.72. The summed E-state index contributed by atoms with van der Waals surface area (Å²) in [5.41, 5.74) is 1.85. The largest absolute Gasteiger partial charge is 1.00 e. The molecule has 2 aromatic rings. The standard InChI is InChI=1S/C21H16F2NS.Ru/c22-20-12-18(24-14-25)13-21(23)19(20)11-8-15-6-9-17(10-7-15)16-4-2-1-3-5-16;/h1,6-7,9-10,12-13,16H,2-5H2;/q-1;+1. The fourth-order valence-corrected chi connectivity index (χ4v) is 3.14. The van der Waals surface area contributed by atoms with Gasteiger partial charge in [-0.3, -0.25) is 0 Å². The molecule has 0 unspecified atom stereocenters. The van der Waals surface area contributed by atoms with Crippen LogP contribution in [0.3, 0.4) is 0 Å². The number of rotatable bonds is 2. The molecule has 1 aliphatic carbocycles. The fourth-order valence-electron chi connectivity index (χ4n) is 3.03. The van der Waals surface area contributed by atoms with E-state index in [0.29, 0.717) is 5.92 Å². The second kappa shape index (κ2) is 9.84. The summed E-state index contributed by atoms with van der Waals surface area (Å²) in [7, 11) is 0. The van der Waals surface area contributed by atoms with Crippen molar-refractivity contribution >= 4 is 23.1 Å². The van der Waals surface area contributed by atoms with Gasteiger partial charge in [-0.25, -0.2) is 8.78 Å². The Balaban J connectivity index is 0.00000243. The van der Waals surface area contributed by atoms with E-state index >= 15 is 0 Å². The van der Waals surface area contributed by atoms with Crippen molar-refractivity contribution in [3.8, 4) is 11.8 Å². The van der Waals surface area contributed by atoms with Crippen LogP contribution in [0.15, 0.2) is 41.4 Å². The van der Waals surface area contributed by atoms with Crippen LogP contribution in [0.4, 0.5) is 14.5 Å². The number of halogens is 2. The number of hydrogen-bond donors (Lipinski definition) is 0. The van der Waals surface area contributed by atoms with E-state index in [2.05, 4.69) is 52.8 Å². The molecule has 133 valence electrons. The van der Waals surface area contributed by atoms with Gasteiger partial charge in [0.05, 0.1) is 16.4 Å². The Morgan fingerprint density at radius 1 is 1.00 bits per heavy atom. The first kappa shape index (κ1) is 20.6. The zero-order valence-electron chi connectivity index (χ0n) is 13.9. The zero-order chi connectivity index (χ0) is 17.6. The predicted octanol–water partition coefficient (Wildman–Crippen LogP) is 5.96. The van der Waals surface area contributed by atoms with Crippen molar-refractivity contribution in [3.63, 3.8) is 0 Å². The Bertz CT molecular complexity index is 848. The van der Waals surface area contributed by atoms with Crippen molar-refractivity contribution in [2.24, 2.45) is 4.99 Å². The van der Waals surface area contributed by atoms with Gasteiger partial charge in [0, 0.05) is 17.7 Å². The van der Waals surface area contributed by atoms with Crippen molar-refractivity contribution in [3.05, 3.63) is 71.1 Å². The molecule has 1 nitrogen and oxygen atoms in total. The molecule has 1 radical (unpaired) electrons. The van der Waals surface area contributed by atoms with E-state index in [1.807, 2.05) is 12.1 Å². The van der Waals surface area contributed by atoms with E-state index < -0.39 is 11.6 Å². The van der Waals surface area contributed by atoms with Gasteiger partial charge in [-0.1, -0.05) is 36.8 Å². The van der Waals surface area contributed by atoms with Crippen molar-refractivity contribution in [2.75, 3.05) is 0 Å². The summed E-state index contributed by atoms with van der Waals surface area (Å²) in [5, 5.41) is 2.08. The quantitative estimate of drug-likeness (QED) is 0.180. The monoisotopic (exact) mass is 454 g/mol. The van der Waals surface area contributed by atoms with Crippen molar-refractivity contribution in [1.82, 2.24) is 0 Å². The average Bonchev–Trinajstić information content (AvgIpc) is 2.62. The van der Waals surface area contributed by atoms with E-state index in [-0.39, 0.29) is 30.7 Å². The van der Waals surface area contributed by atoms with Crippen LogP contribution in [0.2, 0.25) is 0 Å². The average molecular weight is 453 g/mol. The van der Waals surface area contributed by atoms with Gasteiger partial charge < -0.3 is 6.42 Å². The molecule has 26 heavy (non-hydrogen) atoms. The van der Waals surface area contributed by atoms with Crippen molar-refractivity contribution in [1.29, 1.82) is 0 Å². The summed E-state index contributed by atoms with van der Waals surface area (Å²) in [4.78, 5) is 3.58. The van der Waals surface area contributed by atoms with E-state index in [9.17, 15) is 8.78 Å². The topological polar surface area (TPSA) is 12.4 Å². The molecule has 1 aliphatic rings. The molecule has 1 saturated carbocycles. The van der Waals surface area contributed by atoms with Gasteiger partial charge in [-0.05, 0) is 35.8 Å². The molecule has 0 aliphatic heterocycles. The van der Waals surface area contributed by atoms with Gasteiger partial charge in [-0.2, -0.15) is 17.8 Å². The number of hydrogen-bond acceptors (Lipinski definition) is 2. The number of thiocarbonyl (C=S) groups is 1. The molecule has 0 amide bonds. The molecule has 0 aromatic heterocycles. The Morgan fingerprint density at radius 2 is 1.62 bits per heavy atom. The second-order valence-corrected chi connectivity index (χ2v) is 6.18. The van der Waals surface area contributed by atoms with E-state index in [1.165, 1.54) is 18.4 Å². The van der Waals surface area contributed by atoms with Gasteiger partial charge >= 0.3 is 19.5 Å². The third-order valence-electron chi connectivity index (χ3n) is 4.35. The van der Waals surface area contributed by atoms with Crippen LogP contribution < -0.4 is 0 Å². The third kappa shape index (κ3) is 5.15. The first-order chi connectivity index (χ1) is 12.2. The number of nitrogens with zero attached hydrogens (tertiary/aromatic N) is 1. The maximum Gasteiger partial charge on any atom is 1.00 e. The summed E-state index contributed by atoms with van der Waals surface area (Å²) in [5.74, 6) is 4.47. The van der Waals surface area contributed by atoms with Crippen LogP contribution in [0.5, 0.6) is 0 Å². The number of isothiocyanates is 1. The van der Waals surface area contributed by atoms with E-state index in [1.54, 1.807) is 0 Å². The minimum absolute atomic E-state index is 0. The minimum Gasteiger partial charge on any atom is -0.328 e. The number of aliphatic imine (C=N–C) groups is 1. The molecule has 0 bridgehead atoms. The van der Waals surface area contributed by atoms with Crippen LogP contribution >= 0.6 is 12.2 Å². The molecule has 2 aromatic carbocycles. The van der Waals surface area contributed by atoms with Crippen molar-refractivity contribution in [2.45, 2.75) is 31.6 Å². The molecule has 5 heteroatoms. The molecule has 0 saturated heterocycles. The Kier molecular flexibility index (Phi) is 7.79. The zero-order valence-corrected chi connectivity index (χ0v) is 16.5. The normalized spacial score (nSPS) is 13.8. The smallest absolute Gasteiger partial charge is 0.328 e. The Labute approximate surface area is 170 Å². The van der Waals surface area contributed by atoms with Gasteiger partial charge in [0.1, 0.15) is 11.6 Å². The fraction of sp³-hybridized carbons (Fsp3) is 0.238. The molecular formula is C21H16F2NRuS.